The maximum Gasteiger partial charge on any atom is 2.00 e. The second kappa shape index (κ2) is 12.1. The number of pyridine rings is 1. The van der Waals surface area contributed by atoms with Crippen LogP contribution in [0.1, 0.15) is 0 Å². The van der Waals surface area contributed by atoms with Crippen molar-refractivity contribution < 1.29 is 35.1 Å². The molecule has 0 saturated heterocycles. The van der Waals surface area contributed by atoms with Crippen LogP contribution in [0.3, 0.4) is 0 Å². The van der Waals surface area contributed by atoms with E-state index in [-0.39, 0.29) is 26.8 Å². The number of para-hydroxylation sites is 4. The van der Waals surface area contributed by atoms with Gasteiger partial charge in [0, 0.05) is 17.3 Å². The fraction of sp³-hybridized carbons (Fsp3) is 0. The number of aromatic nitrogens is 5. The van der Waals surface area contributed by atoms with Crippen LogP contribution < -0.4 is 9.94 Å². The summed E-state index contributed by atoms with van der Waals surface area (Å²) in [5, 5.41) is 11.8. The van der Waals surface area contributed by atoms with Gasteiger partial charge in [-0.25, -0.2) is 4.98 Å². The van der Waals surface area contributed by atoms with E-state index >= 15 is 0 Å². The number of fused-ring (bicyclic) bond motifs is 3. The Balaban J connectivity index is 0.00000336. The molecule has 4 heterocycles. The number of nitrogens with zero attached hydrogens (tertiary/aromatic N) is 5. The third kappa shape index (κ3) is 4.93. The summed E-state index contributed by atoms with van der Waals surface area (Å²) >= 11 is 0. The Morgan fingerprint density at radius 3 is 2.27 bits per heavy atom. The van der Waals surface area contributed by atoms with E-state index in [1.807, 2.05) is 114 Å². The zero-order valence-corrected chi connectivity index (χ0v) is 27.6. The molecule has 0 amide bonds. The summed E-state index contributed by atoms with van der Waals surface area (Å²) in [6, 6.07) is 45.7. The SMILES string of the molecule is Oc1ccccc1-n1[c-][n+](B(c2ccccc2)n2[c-]c(-c3ccccn3)c3cc4nc(-c5ccccc5)oc4cc32)c2ccccc21.[Pt+2]. The fourth-order valence-corrected chi connectivity index (χ4v) is 6.34. The Labute approximate surface area is 290 Å². The summed E-state index contributed by atoms with van der Waals surface area (Å²) in [5.41, 5.74) is 8.42. The number of hydrogen-bond acceptors (Lipinski definition) is 4. The van der Waals surface area contributed by atoms with Gasteiger partial charge in [0.05, 0.1) is 16.7 Å². The molecule has 0 saturated carbocycles. The van der Waals surface area contributed by atoms with Crippen molar-refractivity contribution in [2.24, 2.45) is 0 Å². The Kier molecular flexibility index (Phi) is 7.50. The number of hydrogen-bond donors (Lipinski definition) is 1. The molecule has 4 aromatic heterocycles. The van der Waals surface area contributed by atoms with Gasteiger partial charge in [-0.05, 0) is 41.5 Å². The van der Waals surface area contributed by atoms with Crippen LogP contribution in [0.4, 0.5) is 0 Å². The van der Waals surface area contributed by atoms with Crippen LogP contribution in [-0.2, 0) is 21.1 Å². The van der Waals surface area contributed by atoms with Gasteiger partial charge >= 0.3 is 28.0 Å². The second-order valence-corrected chi connectivity index (χ2v) is 11.4. The van der Waals surface area contributed by atoms with Crippen LogP contribution in [0.2, 0.25) is 0 Å². The molecule has 0 aliphatic carbocycles. The molecule has 0 aliphatic rings. The summed E-state index contributed by atoms with van der Waals surface area (Å²) in [7, 11) is 0. The van der Waals surface area contributed by atoms with Gasteiger partial charge in [0.1, 0.15) is 11.3 Å². The van der Waals surface area contributed by atoms with E-state index in [4.69, 9.17) is 14.4 Å². The second-order valence-electron chi connectivity index (χ2n) is 11.4. The Bertz CT molecular complexity index is 2550. The van der Waals surface area contributed by atoms with Crippen LogP contribution >= 0.6 is 0 Å². The summed E-state index contributed by atoms with van der Waals surface area (Å²) in [4.78, 5) is 9.59. The van der Waals surface area contributed by atoms with Gasteiger partial charge in [0.25, 0.3) is 0 Å². The normalized spacial score (nSPS) is 11.2. The first-order valence-corrected chi connectivity index (χ1v) is 15.4. The molecule has 7 nitrogen and oxygen atoms in total. The monoisotopic (exact) mass is 801 g/mol. The molecule has 9 rings (SSSR count). The molecule has 0 bridgehead atoms. The smallest absolute Gasteiger partial charge is 0.513 e. The van der Waals surface area contributed by atoms with E-state index in [2.05, 4.69) is 45.7 Å². The molecule has 48 heavy (non-hydrogen) atoms. The van der Waals surface area contributed by atoms with Crippen LogP contribution in [-0.4, -0.2) is 31.1 Å². The number of rotatable bonds is 6. The maximum atomic E-state index is 10.9. The van der Waals surface area contributed by atoms with Crippen molar-refractivity contribution in [2.45, 2.75) is 0 Å². The molecule has 5 aromatic carbocycles. The summed E-state index contributed by atoms with van der Waals surface area (Å²) in [6.45, 7) is -0.415. The van der Waals surface area contributed by atoms with E-state index in [1.165, 1.54) is 0 Å². The predicted octanol–water partition coefficient (Wildman–Crippen LogP) is 6.84. The number of benzene rings is 5. The van der Waals surface area contributed by atoms with Gasteiger partial charge in [-0.3, -0.25) is 0 Å². The van der Waals surface area contributed by atoms with Crippen molar-refractivity contribution in [1.82, 2.24) is 19.0 Å². The van der Waals surface area contributed by atoms with Crippen molar-refractivity contribution in [1.29, 1.82) is 0 Å². The average molecular weight is 802 g/mol. The fourth-order valence-electron chi connectivity index (χ4n) is 6.34. The van der Waals surface area contributed by atoms with Gasteiger partial charge < -0.3 is 28.0 Å². The molecule has 0 radical (unpaired) electrons. The zero-order valence-electron chi connectivity index (χ0n) is 25.3. The minimum atomic E-state index is -0.415. The molecule has 0 atom stereocenters. The quantitative estimate of drug-likeness (QED) is 0.148. The van der Waals surface area contributed by atoms with Crippen LogP contribution in [0, 0.1) is 12.5 Å². The van der Waals surface area contributed by atoms with Gasteiger partial charge in [0.2, 0.25) is 12.2 Å². The molecule has 9 aromatic rings. The Morgan fingerprint density at radius 2 is 1.48 bits per heavy atom. The molecular formula is C39H25BN5O2Pt+. The Morgan fingerprint density at radius 1 is 0.750 bits per heavy atom. The average Bonchev–Trinajstić information content (AvgIpc) is 3.83. The summed E-state index contributed by atoms with van der Waals surface area (Å²) in [6.07, 6.45) is 9.12. The third-order valence-corrected chi connectivity index (χ3v) is 8.51. The van der Waals surface area contributed by atoms with E-state index < -0.39 is 6.98 Å². The standard InChI is InChI=1S/C39H25BN5O2.Pt/c46-37-21-10-9-20-35(37)43-26-45(34-19-8-7-18-33(34)43)40(28-15-5-2-6-16-28)44-25-30(31-17-11-12-22-41-31)29-23-32-38(24-36(29)44)47-39(42-32)27-13-3-1-4-14-27;/h1-24,46H;/q-1;+2. The molecule has 0 fully saturated rings. The molecule has 0 aliphatic heterocycles. The number of phenols is 1. The number of imidazole rings is 1. The van der Waals surface area contributed by atoms with Gasteiger partial charge in [0.15, 0.2) is 0 Å². The zero-order chi connectivity index (χ0) is 31.3. The van der Waals surface area contributed by atoms with Crippen molar-refractivity contribution in [3.05, 3.63) is 158 Å². The first kappa shape index (κ1) is 29.7. The molecule has 9 heteroatoms. The first-order valence-electron chi connectivity index (χ1n) is 15.4. The van der Waals surface area contributed by atoms with Crippen molar-refractivity contribution >= 4 is 45.5 Å². The number of phenolic OH excluding ortho intramolecular Hbond substituents is 1. The summed E-state index contributed by atoms with van der Waals surface area (Å²) < 4.78 is 12.5. The molecule has 0 spiro atoms. The number of oxazole rings is 1. The van der Waals surface area contributed by atoms with Gasteiger partial charge in [-0.1, -0.05) is 121 Å². The number of aromatic hydroxyl groups is 1. The minimum Gasteiger partial charge on any atom is -0.513 e. The van der Waals surface area contributed by atoms with Crippen molar-refractivity contribution in [3.8, 4) is 34.1 Å². The largest absolute Gasteiger partial charge is 2.00 e. The first-order chi connectivity index (χ1) is 23.2. The van der Waals surface area contributed by atoms with Crippen molar-refractivity contribution in [2.75, 3.05) is 0 Å². The van der Waals surface area contributed by atoms with E-state index in [9.17, 15) is 5.11 Å². The third-order valence-electron chi connectivity index (χ3n) is 8.51. The molecular weight excluding hydrogens is 776 g/mol. The maximum absolute atomic E-state index is 10.9. The van der Waals surface area contributed by atoms with Crippen molar-refractivity contribution in [3.63, 3.8) is 0 Å². The molecule has 1 N–H and O–H groups in total. The summed E-state index contributed by atoms with van der Waals surface area (Å²) in [5.74, 6) is 0.737. The van der Waals surface area contributed by atoms with E-state index in [1.54, 1.807) is 12.3 Å². The topological polar surface area (TPSA) is 72.9 Å². The van der Waals surface area contributed by atoms with Crippen LogP contribution in [0.15, 0.2) is 150 Å². The van der Waals surface area contributed by atoms with Gasteiger partial charge in [-0.2, -0.15) is 0 Å². The Hall–Kier alpha value is -5.72. The predicted molar refractivity (Wildman–Crippen MR) is 184 cm³/mol. The van der Waals surface area contributed by atoms with Gasteiger partial charge in [-0.15, -0.1) is 10.9 Å². The van der Waals surface area contributed by atoms with Crippen LogP contribution in [0.25, 0.3) is 61.4 Å². The molecule has 230 valence electrons. The van der Waals surface area contributed by atoms with E-state index in [0.29, 0.717) is 17.2 Å². The molecule has 0 unspecified atom stereocenters. The van der Waals surface area contributed by atoms with E-state index in [0.717, 1.165) is 49.7 Å². The van der Waals surface area contributed by atoms with Crippen LogP contribution in [0.5, 0.6) is 5.75 Å². The minimum absolute atomic E-state index is 0.